The molecule has 16 heavy (non-hydrogen) atoms. The average Bonchev–Trinajstić information content (AvgIpc) is 2.13. The van der Waals surface area contributed by atoms with Crippen LogP contribution in [0.25, 0.3) is 0 Å². The molecule has 0 amide bonds. The highest BCUT2D eigenvalue weighted by atomic mass is 32.3. The summed E-state index contributed by atoms with van der Waals surface area (Å²) in [6.45, 7) is 0. The fraction of sp³-hybridized carbons (Fsp3) is 0.667. The van der Waals surface area contributed by atoms with Crippen LogP contribution in [0.1, 0.15) is 12.8 Å². The van der Waals surface area contributed by atoms with Crippen LogP contribution in [0.5, 0.6) is 0 Å². The molecule has 0 rings (SSSR count). The Morgan fingerprint density at radius 2 is 1.75 bits per heavy atom. The van der Waals surface area contributed by atoms with E-state index in [1.54, 1.807) is 0 Å². The van der Waals surface area contributed by atoms with E-state index < -0.39 is 28.4 Å². The third kappa shape index (κ3) is 15.3. The molecule has 5 N–H and O–H groups in total. The van der Waals surface area contributed by atoms with E-state index in [9.17, 15) is 18.0 Å². The number of aliphatic carboxylic acids is 2. The minimum atomic E-state index is -4.16. The van der Waals surface area contributed by atoms with E-state index in [2.05, 4.69) is 4.18 Å². The zero-order valence-electron chi connectivity index (χ0n) is 8.36. The molecule has 0 aliphatic rings. The van der Waals surface area contributed by atoms with E-state index in [1.807, 2.05) is 0 Å². The molecule has 0 saturated heterocycles. The summed E-state index contributed by atoms with van der Waals surface area (Å²) in [7, 11) is -3.29. The highest BCUT2D eigenvalue weighted by Crippen LogP contribution is 1.93. The first kappa shape index (κ1) is 17.2. The minimum absolute atomic E-state index is 0.0231. The second-order valence-corrected chi connectivity index (χ2v) is 3.66. The number of hydrogen-bond donors (Lipinski definition) is 4. The Bertz CT molecular complexity index is 323. The predicted octanol–water partition coefficient (Wildman–Crippen LogP) is -1.30. The molecule has 0 aliphatic carbocycles. The van der Waals surface area contributed by atoms with Gasteiger partial charge in [-0.25, -0.2) is 0 Å². The maximum absolute atomic E-state index is 9.99. The Balaban J connectivity index is 0. The molecule has 0 aromatic heterocycles. The zero-order chi connectivity index (χ0) is 13.4. The van der Waals surface area contributed by atoms with Gasteiger partial charge in [-0.3, -0.25) is 18.3 Å². The van der Waals surface area contributed by atoms with E-state index >= 15 is 0 Å². The summed E-state index contributed by atoms with van der Waals surface area (Å²) in [5, 5.41) is 16.3. The van der Waals surface area contributed by atoms with Gasteiger partial charge in [0, 0.05) is 6.42 Å². The van der Waals surface area contributed by atoms with Crippen molar-refractivity contribution in [1.29, 1.82) is 0 Å². The molecule has 0 aliphatic heterocycles. The number of hydrogen-bond acceptors (Lipinski definition) is 6. The van der Waals surface area contributed by atoms with E-state index in [-0.39, 0.29) is 12.8 Å². The molecule has 0 aromatic rings. The number of carbonyl (C=O) groups is 2. The van der Waals surface area contributed by atoms with Crippen LogP contribution in [-0.2, 0) is 24.2 Å². The second kappa shape index (κ2) is 7.98. The molecule has 0 fully saturated rings. The molecule has 0 aromatic carbocycles. The van der Waals surface area contributed by atoms with Crippen molar-refractivity contribution in [2.24, 2.45) is 5.73 Å². The molecule has 1 atom stereocenters. The van der Waals surface area contributed by atoms with E-state index in [0.717, 1.165) is 7.11 Å². The number of rotatable bonds is 5. The van der Waals surface area contributed by atoms with Gasteiger partial charge in [0.05, 0.1) is 7.11 Å². The Morgan fingerprint density at radius 1 is 1.38 bits per heavy atom. The molecule has 0 radical (unpaired) electrons. The van der Waals surface area contributed by atoms with Gasteiger partial charge in [-0.15, -0.1) is 0 Å². The molecule has 0 spiro atoms. The van der Waals surface area contributed by atoms with Gasteiger partial charge >= 0.3 is 22.3 Å². The van der Waals surface area contributed by atoms with Crippen LogP contribution in [-0.4, -0.2) is 48.3 Å². The molecule has 0 saturated carbocycles. The van der Waals surface area contributed by atoms with Crippen molar-refractivity contribution in [3.05, 3.63) is 0 Å². The molecule has 0 heterocycles. The predicted molar refractivity (Wildman–Crippen MR) is 51.0 cm³/mol. The fourth-order valence-corrected chi connectivity index (χ4v) is 0.402. The number of carboxylic acid groups (broad SMARTS) is 2. The Kier molecular flexibility index (Phi) is 8.57. The molecular formula is C6H13NO8S. The first-order chi connectivity index (χ1) is 7.10. The maximum Gasteiger partial charge on any atom is 0.397 e. The van der Waals surface area contributed by atoms with Crippen LogP contribution in [0.15, 0.2) is 0 Å². The topological polar surface area (TPSA) is 164 Å². The first-order valence-electron chi connectivity index (χ1n) is 3.83. The van der Waals surface area contributed by atoms with Gasteiger partial charge in [0.15, 0.2) is 0 Å². The van der Waals surface area contributed by atoms with E-state index in [1.165, 1.54) is 0 Å². The summed E-state index contributed by atoms with van der Waals surface area (Å²) in [5.74, 6) is -2.20. The zero-order valence-corrected chi connectivity index (χ0v) is 9.18. The molecule has 10 heteroatoms. The third-order valence-corrected chi connectivity index (χ3v) is 1.62. The lowest BCUT2D eigenvalue weighted by Gasteiger charge is -2.01. The van der Waals surface area contributed by atoms with Gasteiger partial charge in [-0.2, -0.15) is 8.42 Å². The maximum atomic E-state index is 9.99. The normalized spacial score (nSPS) is 12.2. The van der Waals surface area contributed by atoms with Gasteiger partial charge in [-0.05, 0) is 6.42 Å². The molecule has 0 unspecified atom stereocenters. The Hall–Kier alpha value is -1.23. The lowest BCUT2D eigenvalue weighted by molar-refractivity contribution is -0.139. The Labute approximate surface area is 91.8 Å². The van der Waals surface area contributed by atoms with Gasteiger partial charge in [0.1, 0.15) is 6.04 Å². The van der Waals surface area contributed by atoms with Gasteiger partial charge in [0.2, 0.25) is 0 Å². The minimum Gasteiger partial charge on any atom is -0.481 e. The largest absolute Gasteiger partial charge is 0.481 e. The van der Waals surface area contributed by atoms with Crippen molar-refractivity contribution >= 4 is 22.3 Å². The number of carboxylic acids is 2. The summed E-state index contributed by atoms with van der Waals surface area (Å²) in [4.78, 5) is 19.9. The highest BCUT2D eigenvalue weighted by Gasteiger charge is 2.12. The van der Waals surface area contributed by atoms with Crippen molar-refractivity contribution in [3.8, 4) is 0 Å². The van der Waals surface area contributed by atoms with Gasteiger partial charge < -0.3 is 15.9 Å². The van der Waals surface area contributed by atoms with Crippen molar-refractivity contribution in [3.63, 3.8) is 0 Å². The second-order valence-electron chi connectivity index (χ2n) is 2.47. The summed E-state index contributed by atoms with van der Waals surface area (Å²) in [6.07, 6.45) is -0.224. The lowest BCUT2D eigenvalue weighted by atomic mass is 10.2. The van der Waals surface area contributed by atoms with Crippen molar-refractivity contribution in [2.75, 3.05) is 7.11 Å². The van der Waals surface area contributed by atoms with Crippen LogP contribution in [0, 0.1) is 0 Å². The van der Waals surface area contributed by atoms with E-state index in [4.69, 9.17) is 20.5 Å². The Morgan fingerprint density at radius 3 is 1.94 bits per heavy atom. The van der Waals surface area contributed by atoms with Gasteiger partial charge in [-0.1, -0.05) is 0 Å². The summed E-state index contributed by atoms with van der Waals surface area (Å²) in [5.41, 5.74) is 5.00. The van der Waals surface area contributed by atoms with E-state index in [0.29, 0.717) is 0 Å². The summed E-state index contributed by atoms with van der Waals surface area (Å²) >= 11 is 0. The van der Waals surface area contributed by atoms with Crippen molar-refractivity contribution < 1.29 is 37.0 Å². The average molecular weight is 259 g/mol. The fourth-order valence-electron chi connectivity index (χ4n) is 0.402. The van der Waals surface area contributed by atoms with Gasteiger partial charge in [0.25, 0.3) is 0 Å². The van der Waals surface area contributed by atoms with Crippen LogP contribution < -0.4 is 5.73 Å². The van der Waals surface area contributed by atoms with Crippen LogP contribution >= 0.6 is 0 Å². The monoisotopic (exact) mass is 259 g/mol. The van der Waals surface area contributed by atoms with Crippen LogP contribution in [0.4, 0.5) is 0 Å². The molecule has 9 nitrogen and oxygen atoms in total. The van der Waals surface area contributed by atoms with Crippen molar-refractivity contribution in [2.45, 2.75) is 18.9 Å². The molecular weight excluding hydrogens is 246 g/mol. The summed E-state index contributed by atoms with van der Waals surface area (Å²) in [6, 6.07) is -1.06. The smallest absolute Gasteiger partial charge is 0.397 e. The van der Waals surface area contributed by atoms with Crippen LogP contribution in [0.3, 0.4) is 0 Å². The van der Waals surface area contributed by atoms with Crippen LogP contribution in [0.2, 0.25) is 0 Å². The standard InChI is InChI=1S/C5H9NO4.CH4O4S/c6-3(5(9)10)1-2-4(7)8;1-5-6(2,3)4/h3H,1-2,6H2,(H,7,8)(H,9,10);1H3,(H,2,3,4)/t3-;/m0./s1. The summed E-state index contributed by atoms with van der Waals surface area (Å²) < 4.78 is 29.7. The van der Waals surface area contributed by atoms with Crippen molar-refractivity contribution in [1.82, 2.24) is 0 Å². The quantitative estimate of drug-likeness (QED) is 0.439. The lowest BCUT2D eigenvalue weighted by Crippen LogP contribution is -2.30. The number of nitrogens with two attached hydrogens (primary N) is 1. The molecule has 96 valence electrons. The highest BCUT2D eigenvalue weighted by molar-refractivity contribution is 7.80. The SMILES string of the molecule is COS(=O)(=O)O.N[C@@H](CCC(=O)O)C(=O)O. The third-order valence-electron chi connectivity index (χ3n) is 1.20. The molecule has 0 bridgehead atoms. The first-order valence-corrected chi connectivity index (χ1v) is 5.20.